The van der Waals surface area contributed by atoms with Gasteiger partial charge in [-0.05, 0) is 131 Å². The van der Waals surface area contributed by atoms with Crippen LogP contribution in [0.1, 0.15) is 66.2 Å². The van der Waals surface area contributed by atoms with Gasteiger partial charge in [-0.1, -0.05) is 18.2 Å². The molecule has 0 saturated carbocycles. The minimum atomic E-state index is -0.680. The molecule has 0 saturated heterocycles. The zero-order chi connectivity index (χ0) is 36.0. The number of hydrogen-bond donors (Lipinski definition) is 0. The van der Waals surface area contributed by atoms with E-state index in [2.05, 4.69) is 54.2 Å². The number of hydrogen-bond acceptors (Lipinski definition) is 9. The van der Waals surface area contributed by atoms with E-state index in [0.29, 0.717) is 52.4 Å². The van der Waals surface area contributed by atoms with Gasteiger partial charge < -0.3 is 28.4 Å². The second kappa shape index (κ2) is 13.8. The quantitative estimate of drug-likeness (QED) is 0.156. The topological polar surface area (TPSA) is 78.9 Å². The van der Waals surface area contributed by atoms with Crippen molar-refractivity contribution in [2.24, 2.45) is 5.41 Å². The molecule has 0 spiro atoms. The monoisotopic (exact) mass is 692 g/mol. The summed E-state index contributed by atoms with van der Waals surface area (Å²) in [5.74, 6) is 4.29. The summed E-state index contributed by atoms with van der Waals surface area (Å²) in [5.41, 5.74) is 6.16. The molecule has 6 bridgehead atoms. The third-order valence-corrected chi connectivity index (χ3v) is 10.4. The number of fused-ring (bicyclic) bond motifs is 2. The first kappa shape index (κ1) is 34.7. The molecule has 0 fully saturated rings. The van der Waals surface area contributed by atoms with Crippen LogP contribution in [0.15, 0.2) is 60.7 Å². The maximum Gasteiger partial charge on any atom is 0.316 e. The van der Waals surface area contributed by atoms with E-state index in [1.807, 2.05) is 51.1 Å². The molecule has 4 heterocycles. The Kier molecular flexibility index (Phi) is 9.37. The highest BCUT2D eigenvalue weighted by molar-refractivity contribution is 5.78. The molecule has 4 aromatic carbocycles. The zero-order valence-corrected chi connectivity index (χ0v) is 30.9. The Morgan fingerprint density at radius 2 is 1.33 bits per heavy atom. The van der Waals surface area contributed by atoms with Crippen LogP contribution < -0.4 is 28.4 Å². The Labute approximate surface area is 301 Å². The normalized spacial score (nSPS) is 18.7. The summed E-state index contributed by atoms with van der Waals surface area (Å²) in [6, 6.07) is 20.4. The van der Waals surface area contributed by atoms with Gasteiger partial charge in [0.2, 0.25) is 5.75 Å². The fourth-order valence-electron chi connectivity index (χ4n) is 7.44. The van der Waals surface area contributed by atoms with Crippen molar-refractivity contribution in [3.05, 3.63) is 94.0 Å². The molecule has 0 radical (unpaired) electrons. The van der Waals surface area contributed by atoms with E-state index in [-0.39, 0.29) is 18.1 Å². The molecule has 8 rings (SSSR count). The summed E-state index contributed by atoms with van der Waals surface area (Å²) in [6.07, 6.45) is 3.16. The lowest BCUT2D eigenvalue weighted by Crippen LogP contribution is -2.34. The van der Waals surface area contributed by atoms with Crippen LogP contribution in [-0.2, 0) is 30.5 Å². The van der Waals surface area contributed by atoms with Crippen LogP contribution in [-0.4, -0.2) is 64.3 Å². The summed E-state index contributed by atoms with van der Waals surface area (Å²) in [4.78, 5) is 17.8. The maximum absolute atomic E-state index is 13.1. The molecule has 0 amide bonds. The van der Waals surface area contributed by atoms with Crippen molar-refractivity contribution in [3.63, 3.8) is 0 Å². The summed E-state index contributed by atoms with van der Waals surface area (Å²) in [6.45, 7) is 7.31. The van der Waals surface area contributed by atoms with Crippen molar-refractivity contribution in [2.45, 2.75) is 58.5 Å². The van der Waals surface area contributed by atoms with Crippen LogP contribution in [0.2, 0.25) is 0 Å². The van der Waals surface area contributed by atoms with Gasteiger partial charge in [0.25, 0.3) is 0 Å². The Bertz CT molecular complexity index is 1950. The van der Waals surface area contributed by atoms with Gasteiger partial charge in [-0.3, -0.25) is 14.6 Å². The minimum Gasteiger partial charge on any atom is -0.493 e. The van der Waals surface area contributed by atoms with Gasteiger partial charge in [-0.2, -0.15) is 0 Å². The standard InChI is InChI=1S/C42H48N2O7/c1-42(2,3)41(45)51-33-14-11-26-20-32-38-28(16-18-44(32)5)23-37(47-7)39(48-8)40(38)50-36-24-30-27(22-34(36)46-6)15-17-43(4)31(30)19-25-9-12-29(13-10-25)49-35(33)21-26/h9-14,21-24,31-32H,15-20H2,1-8H3/t31-,32+/m0/s1. The largest absolute Gasteiger partial charge is 0.493 e. The van der Waals surface area contributed by atoms with Crippen molar-refractivity contribution < 1.29 is 33.2 Å². The molecular weight excluding hydrogens is 644 g/mol. The second-order valence-corrected chi connectivity index (χ2v) is 14.9. The van der Waals surface area contributed by atoms with E-state index in [0.717, 1.165) is 49.0 Å². The van der Waals surface area contributed by atoms with Gasteiger partial charge in [0, 0.05) is 30.7 Å². The molecule has 2 atom stereocenters. The molecule has 4 aliphatic rings. The first-order valence-corrected chi connectivity index (χ1v) is 17.7. The zero-order valence-electron chi connectivity index (χ0n) is 30.9. The Balaban J connectivity index is 1.44. The molecule has 0 aliphatic carbocycles. The average Bonchev–Trinajstić information content (AvgIpc) is 3.11. The molecule has 51 heavy (non-hydrogen) atoms. The van der Waals surface area contributed by atoms with Gasteiger partial charge in [0.15, 0.2) is 34.5 Å². The summed E-state index contributed by atoms with van der Waals surface area (Å²) in [7, 11) is 9.32. The number of rotatable bonds is 4. The lowest BCUT2D eigenvalue weighted by Gasteiger charge is -2.37. The van der Waals surface area contributed by atoms with Crippen LogP contribution in [0, 0.1) is 5.41 Å². The van der Waals surface area contributed by atoms with Gasteiger partial charge in [-0.15, -0.1) is 0 Å². The molecule has 9 nitrogen and oxygen atoms in total. The van der Waals surface area contributed by atoms with E-state index in [4.69, 9.17) is 28.4 Å². The van der Waals surface area contributed by atoms with Gasteiger partial charge in [-0.25, -0.2) is 0 Å². The Hall–Kier alpha value is -4.73. The van der Waals surface area contributed by atoms with Crippen LogP contribution in [0.25, 0.3) is 0 Å². The minimum absolute atomic E-state index is 0.0833. The molecule has 0 N–H and O–H groups in total. The second-order valence-electron chi connectivity index (χ2n) is 14.9. The van der Waals surface area contributed by atoms with Gasteiger partial charge in [0.1, 0.15) is 5.75 Å². The van der Waals surface area contributed by atoms with Crippen molar-refractivity contribution >= 4 is 5.97 Å². The van der Waals surface area contributed by atoms with E-state index < -0.39 is 5.41 Å². The molecule has 0 unspecified atom stereocenters. The van der Waals surface area contributed by atoms with Crippen LogP contribution in [0.4, 0.5) is 0 Å². The van der Waals surface area contributed by atoms with E-state index in [9.17, 15) is 4.79 Å². The molecule has 0 aromatic heterocycles. The molecule has 9 heteroatoms. The van der Waals surface area contributed by atoms with Crippen LogP contribution in [0.5, 0.6) is 46.0 Å². The number of methoxy groups -OCH3 is 3. The third kappa shape index (κ3) is 6.72. The predicted octanol–water partition coefficient (Wildman–Crippen LogP) is 8.11. The lowest BCUT2D eigenvalue weighted by molar-refractivity contribution is -0.143. The third-order valence-electron chi connectivity index (χ3n) is 10.4. The van der Waals surface area contributed by atoms with Crippen molar-refractivity contribution in [2.75, 3.05) is 48.5 Å². The number of carbonyl (C=O) groups excluding carboxylic acids is 1. The molecular formula is C42H48N2O7. The van der Waals surface area contributed by atoms with Gasteiger partial charge in [0.05, 0.1) is 26.7 Å². The fraction of sp³-hybridized carbons (Fsp3) is 0.405. The Morgan fingerprint density at radius 3 is 2.02 bits per heavy atom. The summed E-state index contributed by atoms with van der Waals surface area (Å²) < 4.78 is 37.5. The van der Waals surface area contributed by atoms with Crippen molar-refractivity contribution in [1.29, 1.82) is 0 Å². The molecule has 4 aromatic rings. The smallest absolute Gasteiger partial charge is 0.316 e. The lowest BCUT2D eigenvalue weighted by atomic mass is 9.87. The SMILES string of the molecule is COc1cc2c3cc1Oc1c(OC)c(OC)cc4c1[C@@H](Cc1ccc(OC(=O)C(C)(C)C)c(c1)Oc1ccc(cc1)C[C@@H]3N(C)CC2)N(C)CC4. The Morgan fingerprint density at radius 1 is 0.706 bits per heavy atom. The highest BCUT2D eigenvalue weighted by atomic mass is 16.6. The number of benzene rings is 4. The predicted molar refractivity (Wildman–Crippen MR) is 196 cm³/mol. The summed E-state index contributed by atoms with van der Waals surface area (Å²) in [5, 5.41) is 0. The van der Waals surface area contributed by atoms with Gasteiger partial charge >= 0.3 is 5.97 Å². The molecule has 4 aliphatic heterocycles. The van der Waals surface area contributed by atoms with Crippen LogP contribution >= 0.6 is 0 Å². The fourth-order valence-corrected chi connectivity index (χ4v) is 7.44. The average molecular weight is 693 g/mol. The number of likely N-dealkylation sites (N-methyl/N-ethyl adjacent to an activating group) is 2. The maximum atomic E-state index is 13.1. The van der Waals surface area contributed by atoms with E-state index in [1.54, 1.807) is 21.3 Å². The van der Waals surface area contributed by atoms with E-state index in [1.165, 1.54) is 16.7 Å². The number of carbonyl (C=O) groups is 1. The number of nitrogens with zero attached hydrogens (tertiary/aromatic N) is 2. The first-order valence-electron chi connectivity index (χ1n) is 17.7. The number of esters is 1. The van der Waals surface area contributed by atoms with E-state index >= 15 is 0 Å². The van der Waals surface area contributed by atoms with Crippen LogP contribution in [0.3, 0.4) is 0 Å². The molecule has 268 valence electrons. The van der Waals surface area contributed by atoms with Crippen molar-refractivity contribution in [1.82, 2.24) is 9.80 Å². The first-order chi connectivity index (χ1) is 24.5. The highest BCUT2D eigenvalue weighted by Crippen LogP contribution is 2.52. The summed E-state index contributed by atoms with van der Waals surface area (Å²) >= 11 is 0. The van der Waals surface area contributed by atoms with Crippen molar-refractivity contribution in [3.8, 4) is 46.0 Å². The highest BCUT2D eigenvalue weighted by Gasteiger charge is 2.35. The number of ether oxygens (including phenoxy) is 6.